The summed E-state index contributed by atoms with van der Waals surface area (Å²) in [7, 11) is -3.79. The Balaban J connectivity index is 2.39. The van der Waals surface area contributed by atoms with Crippen molar-refractivity contribution in [3.8, 4) is 0 Å². The van der Waals surface area contributed by atoms with Crippen LogP contribution in [0, 0.1) is 6.92 Å². The molecule has 0 spiro atoms. The van der Waals surface area contributed by atoms with Crippen molar-refractivity contribution in [2.75, 3.05) is 23.7 Å². The van der Waals surface area contributed by atoms with Crippen molar-refractivity contribution in [2.24, 2.45) is 0 Å². The molecule has 2 aromatic rings. The fourth-order valence-electron chi connectivity index (χ4n) is 3.20. The number of carbonyl (C=O) groups is 2. The van der Waals surface area contributed by atoms with E-state index >= 15 is 0 Å². The molecule has 2 aromatic carbocycles. The van der Waals surface area contributed by atoms with Crippen LogP contribution in [0.5, 0.6) is 0 Å². The van der Waals surface area contributed by atoms with Gasteiger partial charge in [0.1, 0.15) is 12.6 Å². The number of nitrogens with one attached hydrogen (secondary N) is 1. The molecule has 0 bridgehead atoms. The molecule has 0 radical (unpaired) electrons. The minimum absolute atomic E-state index is 0.173. The summed E-state index contributed by atoms with van der Waals surface area (Å²) in [5, 5.41) is 3.16. The van der Waals surface area contributed by atoms with Gasteiger partial charge in [-0.3, -0.25) is 13.9 Å². The molecular weight excluding hydrogens is 450 g/mol. The van der Waals surface area contributed by atoms with Crippen LogP contribution < -0.4 is 9.62 Å². The lowest BCUT2D eigenvalue weighted by Gasteiger charge is -2.32. The number of nitrogens with zero attached hydrogens (tertiary/aromatic N) is 2. The molecule has 0 fully saturated rings. The molecule has 0 saturated carbocycles. The van der Waals surface area contributed by atoms with Gasteiger partial charge in [-0.1, -0.05) is 54.9 Å². The highest BCUT2D eigenvalue weighted by molar-refractivity contribution is 7.92. The van der Waals surface area contributed by atoms with Crippen molar-refractivity contribution in [1.29, 1.82) is 0 Å². The summed E-state index contributed by atoms with van der Waals surface area (Å²) < 4.78 is 26.2. The summed E-state index contributed by atoms with van der Waals surface area (Å²) in [6.45, 7) is 5.55. The van der Waals surface area contributed by atoms with Crippen LogP contribution in [-0.4, -0.2) is 50.5 Å². The van der Waals surface area contributed by atoms with E-state index in [1.54, 1.807) is 26.0 Å². The number of sulfonamides is 1. The molecule has 1 atom stereocenters. The van der Waals surface area contributed by atoms with Crippen LogP contribution in [0.25, 0.3) is 0 Å². The van der Waals surface area contributed by atoms with Crippen LogP contribution in [0.15, 0.2) is 48.5 Å². The highest BCUT2D eigenvalue weighted by Crippen LogP contribution is 2.26. The van der Waals surface area contributed by atoms with Crippen LogP contribution in [0.3, 0.4) is 0 Å². The second-order valence-electron chi connectivity index (χ2n) is 7.67. The first-order valence-electron chi connectivity index (χ1n) is 10.4. The van der Waals surface area contributed by atoms with E-state index < -0.39 is 28.5 Å². The van der Waals surface area contributed by atoms with Crippen molar-refractivity contribution in [3.63, 3.8) is 0 Å². The fourth-order valence-corrected chi connectivity index (χ4v) is 4.27. The number of rotatable bonds is 10. The van der Waals surface area contributed by atoms with Gasteiger partial charge in [-0.15, -0.1) is 0 Å². The topological polar surface area (TPSA) is 86.8 Å². The van der Waals surface area contributed by atoms with E-state index in [9.17, 15) is 18.0 Å². The Bertz CT molecular complexity index is 1040. The van der Waals surface area contributed by atoms with Crippen LogP contribution in [0.2, 0.25) is 5.02 Å². The fraction of sp³-hybridized carbons (Fsp3) is 0.391. The Morgan fingerprint density at radius 2 is 1.78 bits per heavy atom. The maximum absolute atomic E-state index is 13.4. The van der Waals surface area contributed by atoms with Crippen molar-refractivity contribution in [3.05, 3.63) is 64.7 Å². The number of carbonyl (C=O) groups excluding carboxylic acids is 2. The quantitative estimate of drug-likeness (QED) is 0.566. The molecule has 0 heterocycles. The summed E-state index contributed by atoms with van der Waals surface area (Å²) >= 11 is 6.09. The Morgan fingerprint density at radius 1 is 1.12 bits per heavy atom. The van der Waals surface area contributed by atoms with Crippen LogP contribution in [0.1, 0.15) is 31.4 Å². The first-order valence-corrected chi connectivity index (χ1v) is 12.6. The summed E-state index contributed by atoms with van der Waals surface area (Å²) in [6, 6.07) is 13.4. The van der Waals surface area contributed by atoms with Gasteiger partial charge in [-0.05, 0) is 43.5 Å². The third kappa shape index (κ3) is 6.97. The second-order valence-corrected chi connectivity index (χ2v) is 10.0. The van der Waals surface area contributed by atoms with Crippen LogP contribution in [-0.2, 0) is 26.2 Å². The first-order chi connectivity index (χ1) is 15.0. The normalized spacial score (nSPS) is 12.2. The zero-order valence-corrected chi connectivity index (χ0v) is 20.4. The second kappa shape index (κ2) is 11.3. The van der Waals surface area contributed by atoms with Gasteiger partial charge in [-0.2, -0.15) is 0 Å². The third-order valence-corrected chi connectivity index (χ3v) is 6.39. The van der Waals surface area contributed by atoms with Gasteiger partial charge in [0.05, 0.1) is 11.9 Å². The van der Waals surface area contributed by atoms with E-state index in [-0.39, 0.29) is 12.5 Å². The van der Waals surface area contributed by atoms with E-state index in [4.69, 9.17) is 11.6 Å². The lowest BCUT2D eigenvalue weighted by atomic mass is 10.1. The molecule has 0 saturated heterocycles. The van der Waals surface area contributed by atoms with Gasteiger partial charge in [0.15, 0.2) is 0 Å². The molecule has 0 unspecified atom stereocenters. The summed E-state index contributed by atoms with van der Waals surface area (Å²) in [5.74, 6) is -0.779. The van der Waals surface area contributed by atoms with E-state index in [1.807, 2.05) is 37.3 Å². The molecule has 32 heavy (non-hydrogen) atoms. The Morgan fingerprint density at radius 3 is 2.38 bits per heavy atom. The molecule has 9 heteroatoms. The maximum Gasteiger partial charge on any atom is 0.244 e. The number of hydrogen-bond donors (Lipinski definition) is 1. The molecule has 1 N–H and O–H groups in total. The maximum atomic E-state index is 13.4. The largest absolute Gasteiger partial charge is 0.354 e. The van der Waals surface area contributed by atoms with Gasteiger partial charge in [0.2, 0.25) is 21.8 Å². The molecule has 2 rings (SSSR count). The van der Waals surface area contributed by atoms with E-state index in [2.05, 4.69) is 5.32 Å². The zero-order chi connectivity index (χ0) is 23.9. The zero-order valence-electron chi connectivity index (χ0n) is 18.8. The highest BCUT2D eigenvalue weighted by Gasteiger charge is 2.30. The molecule has 0 aromatic heterocycles. The standard InChI is InChI=1S/C23H30ClN3O4S/c1-5-13-25-23(29)18(3)26(15-19-9-7-6-8-10-19)22(28)16-27(32(4,30)31)21-14-20(24)12-11-17(21)2/h6-12,14,18H,5,13,15-16H2,1-4H3,(H,25,29)/t18-/m0/s1. The van der Waals surface area contributed by atoms with Gasteiger partial charge in [0, 0.05) is 18.1 Å². The monoisotopic (exact) mass is 479 g/mol. The van der Waals surface area contributed by atoms with E-state index in [1.165, 1.54) is 11.0 Å². The van der Waals surface area contributed by atoms with Crippen LogP contribution >= 0.6 is 11.6 Å². The van der Waals surface area contributed by atoms with Crippen molar-refractivity contribution >= 4 is 39.1 Å². The Kier molecular flexibility index (Phi) is 9.09. The van der Waals surface area contributed by atoms with Crippen LogP contribution in [0.4, 0.5) is 5.69 Å². The van der Waals surface area contributed by atoms with Gasteiger partial charge >= 0.3 is 0 Å². The molecule has 0 aliphatic heterocycles. The minimum atomic E-state index is -3.79. The molecule has 7 nitrogen and oxygen atoms in total. The molecule has 174 valence electrons. The van der Waals surface area contributed by atoms with E-state index in [0.717, 1.165) is 22.5 Å². The molecule has 0 aliphatic carbocycles. The molecule has 2 amide bonds. The molecular formula is C23H30ClN3O4S. The SMILES string of the molecule is CCCNC(=O)[C@H](C)N(Cc1ccccc1)C(=O)CN(c1cc(Cl)ccc1C)S(C)(=O)=O. The first kappa shape index (κ1) is 25.7. The molecule has 0 aliphatic rings. The van der Waals surface area contributed by atoms with E-state index in [0.29, 0.717) is 22.8 Å². The Labute approximate surface area is 195 Å². The highest BCUT2D eigenvalue weighted by atomic mass is 35.5. The number of aryl methyl sites for hydroxylation is 1. The number of anilines is 1. The van der Waals surface area contributed by atoms with Gasteiger partial charge in [-0.25, -0.2) is 8.42 Å². The van der Waals surface area contributed by atoms with Crippen molar-refractivity contribution in [1.82, 2.24) is 10.2 Å². The predicted molar refractivity (Wildman–Crippen MR) is 128 cm³/mol. The minimum Gasteiger partial charge on any atom is -0.354 e. The lowest BCUT2D eigenvalue weighted by Crippen LogP contribution is -2.51. The summed E-state index contributed by atoms with van der Waals surface area (Å²) in [6.07, 6.45) is 1.81. The number of amides is 2. The predicted octanol–water partition coefficient (Wildman–Crippen LogP) is 3.36. The lowest BCUT2D eigenvalue weighted by molar-refractivity contribution is -0.139. The van der Waals surface area contributed by atoms with Crippen molar-refractivity contribution < 1.29 is 18.0 Å². The average molecular weight is 480 g/mol. The van der Waals surface area contributed by atoms with Crippen molar-refractivity contribution in [2.45, 2.75) is 39.8 Å². The van der Waals surface area contributed by atoms with Gasteiger partial charge < -0.3 is 10.2 Å². The number of benzene rings is 2. The summed E-state index contributed by atoms with van der Waals surface area (Å²) in [5.41, 5.74) is 1.83. The number of hydrogen-bond acceptors (Lipinski definition) is 4. The van der Waals surface area contributed by atoms with Gasteiger partial charge in [0.25, 0.3) is 0 Å². The smallest absolute Gasteiger partial charge is 0.244 e. The summed E-state index contributed by atoms with van der Waals surface area (Å²) in [4.78, 5) is 27.4. The Hall–Kier alpha value is -2.58. The number of halogens is 1. The average Bonchev–Trinajstić information content (AvgIpc) is 2.75. The third-order valence-electron chi connectivity index (χ3n) is 5.03.